The summed E-state index contributed by atoms with van der Waals surface area (Å²) in [7, 11) is 0. The number of para-hydroxylation sites is 2. The van der Waals surface area contributed by atoms with Crippen molar-refractivity contribution in [2.45, 2.75) is 0 Å². The van der Waals surface area contributed by atoms with E-state index >= 15 is 0 Å². The first-order valence-electron chi connectivity index (χ1n) is 13.4. The predicted octanol–water partition coefficient (Wildman–Crippen LogP) is 10.2. The molecule has 0 saturated carbocycles. The molecule has 0 atom stereocenters. The minimum Gasteiger partial charge on any atom is -0.457 e. The van der Waals surface area contributed by atoms with E-state index in [0.717, 1.165) is 45.3 Å². The number of hydrogen-bond donors (Lipinski definition) is 0. The summed E-state index contributed by atoms with van der Waals surface area (Å²) in [5, 5.41) is 0. The van der Waals surface area contributed by atoms with Crippen LogP contribution in [0.4, 0.5) is 4.79 Å². The van der Waals surface area contributed by atoms with Crippen molar-refractivity contribution in [1.29, 1.82) is 0 Å². The van der Waals surface area contributed by atoms with Gasteiger partial charge in [0.05, 0.1) is 0 Å². The first kappa shape index (κ1) is 26.4. The molecule has 0 aliphatic heterocycles. The standard InChI is InChI=1S/C37H26O5/c38-37(41-35-23-15-29(16-24-35)27-11-19-33(20-12-27)39-31-7-3-1-4-8-31)42-36-25-17-30(18-26-36)28-13-21-34(22-14-28)40-32-9-5-2-6-10-32/h1-26H. The van der Waals surface area contributed by atoms with Gasteiger partial charge in [-0.05, 0) is 95.1 Å². The predicted molar refractivity (Wildman–Crippen MR) is 163 cm³/mol. The fraction of sp³-hybridized carbons (Fsp3) is 0. The molecule has 0 fully saturated rings. The van der Waals surface area contributed by atoms with Crippen molar-refractivity contribution < 1.29 is 23.7 Å². The first-order chi connectivity index (χ1) is 20.7. The van der Waals surface area contributed by atoms with Crippen LogP contribution in [0.15, 0.2) is 158 Å². The lowest BCUT2D eigenvalue weighted by molar-refractivity contribution is 0.152. The quantitative estimate of drug-likeness (QED) is 0.139. The second-order valence-electron chi connectivity index (χ2n) is 9.38. The average Bonchev–Trinajstić information content (AvgIpc) is 3.04. The smallest absolute Gasteiger partial charge is 0.457 e. The van der Waals surface area contributed by atoms with Crippen LogP contribution in [0.25, 0.3) is 22.3 Å². The molecular formula is C37H26O5. The van der Waals surface area contributed by atoms with Crippen LogP contribution in [0.5, 0.6) is 34.5 Å². The summed E-state index contributed by atoms with van der Waals surface area (Å²) < 4.78 is 22.5. The molecule has 42 heavy (non-hydrogen) atoms. The Morgan fingerprint density at radius 1 is 0.310 bits per heavy atom. The Labute approximate surface area is 244 Å². The first-order valence-corrected chi connectivity index (χ1v) is 13.4. The molecule has 0 saturated heterocycles. The molecule has 0 aliphatic rings. The molecule has 0 aromatic heterocycles. The Hall–Kier alpha value is -5.81. The fourth-order valence-electron chi connectivity index (χ4n) is 4.32. The van der Waals surface area contributed by atoms with E-state index in [1.165, 1.54) is 0 Å². The largest absolute Gasteiger partial charge is 0.519 e. The third kappa shape index (κ3) is 6.84. The van der Waals surface area contributed by atoms with Gasteiger partial charge in [0.15, 0.2) is 0 Å². The summed E-state index contributed by atoms with van der Waals surface area (Å²) in [5.74, 6) is 3.87. The molecule has 0 spiro atoms. The number of carbonyl (C=O) groups is 1. The molecule has 0 aliphatic carbocycles. The Balaban J connectivity index is 1.01. The summed E-state index contributed by atoms with van der Waals surface area (Å²) >= 11 is 0. The molecule has 5 nitrogen and oxygen atoms in total. The lowest BCUT2D eigenvalue weighted by Gasteiger charge is -2.09. The monoisotopic (exact) mass is 550 g/mol. The van der Waals surface area contributed by atoms with E-state index in [0.29, 0.717) is 11.5 Å². The Morgan fingerprint density at radius 3 is 0.881 bits per heavy atom. The minimum absolute atomic E-state index is 0.391. The van der Waals surface area contributed by atoms with Crippen molar-refractivity contribution in [1.82, 2.24) is 0 Å². The van der Waals surface area contributed by atoms with E-state index in [-0.39, 0.29) is 0 Å². The van der Waals surface area contributed by atoms with Gasteiger partial charge in [-0.2, -0.15) is 0 Å². The molecule has 0 heterocycles. The molecule has 0 N–H and O–H groups in total. The maximum atomic E-state index is 12.4. The van der Waals surface area contributed by atoms with E-state index < -0.39 is 6.16 Å². The topological polar surface area (TPSA) is 54.0 Å². The molecule has 5 heteroatoms. The highest BCUT2D eigenvalue weighted by molar-refractivity contribution is 5.70. The molecule has 0 bridgehead atoms. The van der Waals surface area contributed by atoms with Gasteiger partial charge in [0, 0.05) is 0 Å². The van der Waals surface area contributed by atoms with Crippen molar-refractivity contribution >= 4 is 6.16 Å². The highest BCUT2D eigenvalue weighted by Crippen LogP contribution is 2.29. The highest BCUT2D eigenvalue weighted by atomic mass is 16.7. The van der Waals surface area contributed by atoms with Crippen LogP contribution in [-0.4, -0.2) is 6.16 Å². The van der Waals surface area contributed by atoms with E-state index in [1.54, 1.807) is 24.3 Å². The number of ether oxygens (including phenoxy) is 4. The van der Waals surface area contributed by atoms with Crippen molar-refractivity contribution in [2.75, 3.05) is 0 Å². The molecule has 0 amide bonds. The zero-order valence-corrected chi connectivity index (χ0v) is 22.6. The van der Waals surface area contributed by atoms with E-state index in [1.807, 2.05) is 133 Å². The summed E-state index contributed by atoms with van der Waals surface area (Å²) in [6.45, 7) is 0. The summed E-state index contributed by atoms with van der Waals surface area (Å²) in [5.41, 5.74) is 4.00. The maximum Gasteiger partial charge on any atom is 0.519 e. The van der Waals surface area contributed by atoms with Crippen LogP contribution in [0, 0.1) is 0 Å². The van der Waals surface area contributed by atoms with Gasteiger partial charge in [-0.1, -0.05) is 84.9 Å². The van der Waals surface area contributed by atoms with Gasteiger partial charge in [0.2, 0.25) is 0 Å². The molecular weight excluding hydrogens is 524 g/mol. The summed E-state index contributed by atoms with van der Waals surface area (Å²) in [6.07, 6.45) is -0.805. The van der Waals surface area contributed by atoms with Crippen LogP contribution in [-0.2, 0) is 0 Å². The van der Waals surface area contributed by atoms with Gasteiger partial charge in [-0.15, -0.1) is 0 Å². The van der Waals surface area contributed by atoms with Gasteiger partial charge in [0.25, 0.3) is 0 Å². The Morgan fingerprint density at radius 2 is 0.571 bits per heavy atom. The van der Waals surface area contributed by atoms with E-state index in [2.05, 4.69) is 0 Å². The van der Waals surface area contributed by atoms with Crippen molar-refractivity contribution in [2.24, 2.45) is 0 Å². The van der Waals surface area contributed by atoms with Gasteiger partial charge < -0.3 is 18.9 Å². The zero-order chi connectivity index (χ0) is 28.6. The van der Waals surface area contributed by atoms with Gasteiger partial charge in [0.1, 0.15) is 34.5 Å². The maximum absolute atomic E-state index is 12.4. The number of benzene rings is 6. The van der Waals surface area contributed by atoms with Crippen molar-refractivity contribution in [3.63, 3.8) is 0 Å². The van der Waals surface area contributed by atoms with Crippen LogP contribution < -0.4 is 18.9 Å². The SMILES string of the molecule is O=C(Oc1ccc(-c2ccc(Oc3ccccc3)cc2)cc1)Oc1ccc(-c2ccc(Oc3ccccc3)cc2)cc1. The van der Waals surface area contributed by atoms with Crippen LogP contribution in [0.3, 0.4) is 0 Å². The molecule has 6 aromatic rings. The molecule has 6 aromatic carbocycles. The lowest BCUT2D eigenvalue weighted by Crippen LogP contribution is -2.13. The highest BCUT2D eigenvalue weighted by Gasteiger charge is 2.09. The third-order valence-electron chi connectivity index (χ3n) is 6.44. The normalized spacial score (nSPS) is 10.5. The van der Waals surface area contributed by atoms with Gasteiger partial charge >= 0.3 is 6.16 Å². The lowest BCUT2D eigenvalue weighted by atomic mass is 10.1. The number of hydrogen-bond acceptors (Lipinski definition) is 5. The van der Waals surface area contributed by atoms with Gasteiger partial charge in [-0.3, -0.25) is 0 Å². The average molecular weight is 551 g/mol. The summed E-state index contributed by atoms with van der Waals surface area (Å²) in [6, 6.07) is 49.4. The van der Waals surface area contributed by atoms with Crippen LogP contribution in [0.2, 0.25) is 0 Å². The summed E-state index contributed by atoms with van der Waals surface area (Å²) in [4.78, 5) is 12.4. The number of rotatable bonds is 8. The van der Waals surface area contributed by atoms with Crippen LogP contribution >= 0.6 is 0 Å². The van der Waals surface area contributed by atoms with Gasteiger partial charge in [-0.25, -0.2) is 4.79 Å². The fourth-order valence-corrected chi connectivity index (χ4v) is 4.32. The Kier molecular flexibility index (Phi) is 7.91. The van der Waals surface area contributed by atoms with E-state index in [9.17, 15) is 4.79 Å². The van der Waals surface area contributed by atoms with Crippen molar-refractivity contribution in [3.8, 4) is 56.8 Å². The second-order valence-corrected chi connectivity index (χ2v) is 9.38. The van der Waals surface area contributed by atoms with E-state index in [4.69, 9.17) is 18.9 Å². The third-order valence-corrected chi connectivity index (χ3v) is 6.44. The minimum atomic E-state index is -0.805. The number of carbonyl (C=O) groups excluding carboxylic acids is 1. The Bertz CT molecular complexity index is 1600. The second kappa shape index (κ2) is 12.6. The van der Waals surface area contributed by atoms with Crippen molar-refractivity contribution in [3.05, 3.63) is 158 Å². The molecule has 0 radical (unpaired) electrons. The molecule has 0 unspecified atom stereocenters. The zero-order valence-electron chi connectivity index (χ0n) is 22.6. The van der Waals surface area contributed by atoms with Crippen LogP contribution in [0.1, 0.15) is 0 Å². The molecule has 6 rings (SSSR count). The molecule has 204 valence electrons.